The molecule has 0 aliphatic heterocycles. The summed E-state index contributed by atoms with van der Waals surface area (Å²) in [6.07, 6.45) is 1.63. The van der Waals surface area contributed by atoms with Crippen molar-refractivity contribution in [1.82, 2.24) is 5.43 Å². The van der Waals surface area contributed by atoms with Gasteiger partial charge < -0.3 is 10.1 Å². The third-order valence-corrected chi connectivity index (χ3v) is 6.87. The van der Waals surface area contributed by atoms with Crippen molar-refractivity contribution in [3.8, 4) is 5.75 Å². The molecule has 160 valence electrons. The number of nitrogens with zero attached hydrogens (tertiary/aromatic N) is 1. The highest BCUT2D eigenvalue weighted by Gasteiger charge is 2.09. The molecule has 3 aromatic rings. The molecule has 1 amide bonds. The summed E-state index contributed by atoms with van der Waals surface area (Å²) in [5.74, 6) is 0.626. The number of nitrogens with one attached hydrogen (secondary N) is 2. The normalized spacial score (nSPS) is 10.8. The molecule has 3 rings (SSSR count). The minimum absolute atomic E-state index is 0.149. The second kappa shape index (κ2) is 12.3. The molecule has 0 fully saturated rings. The Bertz CT molecular complexity index is 1050. The number of carbonyl (C=O) groups excluding carboxylic acids is 1. The fourth-order valence-corrected chi connectivity index (χ4v) is 5.25. The zero-order valence-electron chi connectivity index (χ0n) is 16.0. The van der Waals surface area contributed by atoms with Crippen LogP contribution in [0.3, 0.4) is 0 Å². The number of amides is 1. The number of benzene rings is 3. The SMILES string of the molecule is O=C(CNc1ccc(I)cc1)N/N=C\c1cc(I)c(OCc2ccc(Br)cc2)c(I)c1. The first-order chi connectivity index (χ1) is 14.9. The molecule has 0 aliphatic carbocycles. The molecule has 0 saturated carbocycles. The molecule has 0 bridgehead atoms. The number of halogens is 4. The fraction of sp³-hybridized carbons (Fsp3) is 0.0909. The Kier molecular flexibility index (Phi) is 9.84. The molecule has 0 aliphatic rings. The monoisotopic (exact) mass is 815 g/mol. The molecule has 3 aromatic carbocycles. The van der Waals surface area contributed by atoms with Gasteiger partial charge in [0.1, 0.15) is 12.4 Å². The zero-order chi connectivity index (χ0) is 22.2. The molecular weight excluding hydrogens is 799 g/mol. The van der Waals surface area contributed by atoms with Gasteiger partial charge in [-0.2, -0.15) is 5.10 Å². The minimum atomic E-state index is -0.214. The third kappa shape index (κ3) is 8.17. The van der Waals surface area contributed by atoms with Gasteiger partial charge in [0, 0.05) is 13.7 Å². The molecule has 0 aromatic heterocycles. The van der Waals surface area contributed by atoms with Crippen LogP contribution in [0.1, 0.15) is 11.1 Å². The molecular formula is C22H17BrI3N3O2. The van der Waals surface area contributed by atoms with Crippen LogP contribution >= 0.6 is 83.7 Å². The van der Waals surface area contributed by atoms with Crippen LogP contribution in [0.15, 0.2) is 70.2 Å². The fourth-order valence-electron chi connectivity index (χ4n) is 2.50. The first-order valence-corrected chi connectivity index (χ1v) is 13.1. The summed E-state index contributed by atoms with van der Waals surface area (Å²) in [5.41, 5.74) is 5.42. The van der Waals surface area contributed by atoms with Gasteiger partial charge in [-0.1, -0.05) is 28.1 Å². The largest absolute Gasteiger partial charge is 0.487 e. The predicted molar refractivity (Wildman–Crippen MR) is 154 cm³/mol. The molecule has 0 unspecified atom stereocenters. The van der Waals surface area contributed by atoms with E-state index in [2.05, 4.69) is 99.5 Å². The van der Waals surface area contributed by atoms with E-state index in [9.17, 15) is 4.79 Å². The lowest BCUT2D eigenvalue weighted by Crippen LogP contribution is -2.25. The van der Waals surface area contributed by atoms with Crippen molar-refractivity contribution in [2.24, 2.45) is 5.10 Å². The lowest BCUT2D eigenvalue weighted by atomic mass is 10.2. The van der Waals surface area contributed by atoms with Crippen LogP contribution in [0, 0.1) is 10.7 Å². The summed E-state index contributed by atoms with van der Waals surface area (Å²) < 4.78 is 10.2. The molecule has 0 heterocycles. The van der Waals surface area contributed by atoms with Crippen molar-refractivity contribution < 1.29 is 9.53 Å². The molecule has 0 atom stereocenters. The van der Waals surface area contributed by atoms with Gasteiger partial charge in [-0.05, 0) is 127 Å². The zero-order valence-corrected chi connectivity index (χ0v) is 24.1. The smallest absolute Gasteiger partial charge is 0.259 e. The van der Waals surface area contributed by atoms with Crippen LogP contribution in [0.4, 0.5) is 5.69 Å². The quantitative estimate of drug-likeness (QED) is 0.157. The summed E-state index contributed by atoms with van der Waals surface area (Å²) in [7, 11) is 0. The van der Waals surface area contributed by atoms with E-state index >= 15 is 0 Å². The average molecular weight is 816 g/mol. The number of hydrogen-bond donors (Lipinski definition) is 2. The third-order valence-electron chi connectivity index (χ3n) is 4.02. The number of hydrazone groups is 1. The highest BCUT2D eigenvalue weighted by molar-refractivity contribution is 14.1. The first kappa shape index (κ1) is 24.7. The summed E-state index contributed by atoms with van der Waals surface area (Å²) in [4.78, 5) is 12.0. The van der Waals surface area contributed by atoms with Crippen molar-refractivity contribution >= 4 is 102 Å². The van der Waals surface area contributed by atoms with E-state index < -0.39 is 0 Å². The van der Waals surface area contributed by atoms with Crippen molar-refractivity contribution in [3.05, 3.63) is 87.0 Å². The van der Waals surface area contributed by atoms with Gasteiger partial charge in [0.2, 0.25) is 0 Å². The van der Waals surface area contributed by atoms with Crippen molar-refractivity contribution in [2.75, 3.05) is 11.9 Å². The number of rotatable bonds is 8. The summed E-state index contributed by atoms with van der Waals surface area (Å²) in [5, 5.41) is 7.13. The lowest BCUT2D eigenvalue weighted by Gasteiger charge is -2.11. The molecule has 5 nitrogen and oxygen atoms in total. The molecule has 31 heavy (non-hydrogen) atoms. The maximum Gasteiger partial charge on any atom is 0.259 e. The standard InChI is InChI=1S/C22H17BrI3N3O2/c23-16-3-1-14(2-4-16)13-31-22-19(25)9-15(10-20(22)26)11-28-29-21(30)12-27-18-7-5-17(24)6-8-18/h1-11,27H,12-13H2,(H,29,30)/b28-11-. The van der Waals surface area contributed by atoms with E-state index in [-0.39, 0.29) is 12.5 Å². The Hall–Kier alpha value is -0.930. The molecule has 2 N–H and O–H groups in total. The average Bonchev–Trinajstić information content (AvgIpc) is 2.74. The van der Waals surface area contributed by atoms with Gasteiger partial charge in [0.25, 0.3) is 5.91 Å². The second-order valence-electron chi connectivity index (χ2n) is 6.38. The summed E-state index contributed by atoms with van der Waals surface area (Å²) >= 11 is 10.2. The minimum Gasteiger partial charge on any atom is -0.487 e. The highest BCUT2D eigenvalue weighted by atomic mass is 127. The van der Waals surface area contributed by atoms with Gasteiger partial charge in [0.05, 0.1) is 19.9 Å². The van der Waals surface area contributed by atoms with E-state index in [1.807, 2.05) is 60.7 Å². The van der Waals surface area contributed by atoms with E-state index in [1.54, 1.807) is 6.21 Å². The number of carbonyl (C=O) groups is 1. The number of anilines is 1. The first-order valence-electron chi connectivity index (χ1n) is 9.08. The van der Waals surface area contributed by atoms with E-state index in [1.165, 1.54) is 0 Å². The number of hydrogen-bond acceptors (Lipinski definition) is 4. The Balaban J connectivity index is 1.52. The Labute approximate surface area is 230 Å². The van der Waals surface area contributed by atoms with Crippen LogP contribution < -0.4 is 15.5 Å². The van der Waals surface area contributed by atoms with Crippen LogP contribution in [-0.2, 0) is 11.4 Å². The van der Waals surface area contributed by atoms with Gasteiger partial charge in [-0.3, -0.25) is 4.79 Å². The predicted octanol–water partition coefficient (Wildman–Crippen LogP) is 6.40. The van der Waals surface area contributed by atoms with Crippen molar-refractivity contribution in [2.45, 2.75) is 6.61 Å². The summed E-state index contributed by atoms with van der Waals surface area (Å²) in [6, 6.07) is 19.8. The maximum atomic E-state index is 12.0. The van der Waals surface area contributed by atoms with Gasteiger partial charge >= 0.3 is 0 Å². The second-order valence-corrected chi connectivity index (χ2v) is 10.9. The lowest BCUT2D eigenvalue weighted by molar-refractivity contribution is -0.119. The van der Waals surface area contributed by atoms with E-state index in [0.717, 1.165) is 37.7 Å². The summed E-state index contributed by atoms with van der Waals surface area (Å²) in [6.45, 7) is 0.645. The van der Waals surface area contributed by atoms with E-state index in [4.69, 9.17) is 4.74 Å². The van der Waals surface area contributed by atoms with E-state index in [0.29, 0.717) is 6.61 Å². The Morgan fingerprint density at radius 3 is 2.29 bits per heavy atom. The van der Waals surface area contributed by atoms with Gasteiger partial charge in [-0.15, -0.1) is 0 Å². The molecule has 0 spiro atoms. The van der Waals surface area contributed by atoms with Crippen LogP contribution in [0.5, 0.6) is 5.75 Å². The molecule has 0 radical (unpaired) electrons. The van der Waals surface area contributed by atoms with Crippen LogP contribution in [0.25, 0.3) is 0 Å². The maximum absolute atomic E-state index is 12.0. The van der Waals surface area contributed by atoms with Gasteiger partial charge in [0.15, 0.2) is 0 Å². The van der Waals surface area contributed by atoms with Crippen molar-refractivity contribution in [3.63, 3.8) is 0 Å². The highest BCUT2D eigenvalue weighted by Crippen LogP contribution is 2.29. The van der Waals surface area contributed by atoms with Crippen molar-refractivity contribution in [1.29, 1.82) is 0 Å². The molecule has 0 saturated heterocycles. The topological polar surface area (TPSA) is 62.7 Å². The Morgan fingerprint density at radius 1 is 1.00 bits per heavy atom. The van der Waals surface area contributed by atoms with Crippen LogP contribution in [-0.4, -0.2) is 18.7 Å². The van der Waals surface area contributed by atoms with Crippen LogP contribution in [0.2, 0.25) is 0 Å². The Morgan fingerprint density at radius 2 is 1.65 bits per heavy atom. The molecule has 9 heteroatoms. The number of ether oxygens (including phenoxy) is 1. The van der Waals surface area contributed by atoms with Gasteiger partial charge in [-0.25, -0.2) is 5.43 Å².